The number of carbonyl (C=O) groups is 2. The lowest BCUT2D eigenvalue weighted by Gasteiger charge is -2.11. The number of ether oxygens (including phenoxy) is 1. The summed E-state index contributed by atoms with van der Waals surface area (Å²) in [5.74, 6) is -0.302. The molecule has 1 aromatic heterocycles. The molecular formula is C30H39NO4. The van der Waals surface area contributed by atoms with Crippen LogP contribution in [0.3, 0.4) is 0 Å². The Morgan fingerprint density at radius 2 is 1.57 bits per heavy atom. The van der Waals surface area contributed by atoms with Crippen molar-refractivity contribution in [3.05, 3.63) is 65.4 Å². The monoisotopic (exact) mass is 477 g/mol. The van der Waals surface area contributed by atoms with Crippen LogP contribution in [0, 0.1) is 0 Å². The van der Waals surface area contributed by atoms with E-state index in [0.717, 1.165) is 36.9 Å². The minimum Gasteiger partial charge on any atom is -0.486 e. The van der Waals surface area contributed by atoms with Gasteiger partial charge < -0.3 is 14.4 Å². The van der Waals surface area contributed by atoms with E-state index in [1.54, 1.807) is 12.1 Å². The van der Waals surface area contributed by atoms with E-state index in [9.17, 15) is 14.7 Å². The summed E-state index contributed by atoms with van der Waals surface area (Å²) in [6.07, 6.45) is 11.6. The molecule has 0 amide bonds. The second-order valence-electron chi connectivity index (χ2n) is 9.36. The van der Waals surface area contributed by atoms with Gasteiger partial charge in [0.05, 0.1) is 12.1 Å². The van der Waals surface area contributed by atoms with E-state index in [-0.39, 0.29) is 24.5 Å². The maximum atomic E-state index is 12.8. The van der Waals surface area contributed by atoms with Crippen molar-refractivity contribution in [2.75, 3.05) is 6.61 Å². The molecule has 3 rings (SSSR count). The van der Waals surface area contributed by atoms with Crippen LogP contribution in [-0.4, -0.2) is 28.0 Å². The quantitative estimate of drug-likeness (QED) is 0.221. The third kappa shape index (κ3) is 7.71. The average Bonchev–Trinajstić information content (AvgIpc) is 3.21. The summed E-state index contributed by atoms with van der Waals surface area (Å²) in [4.78, 5) is 24.5. The molecule has 0 unspecified atom stereocenters. The molecule has 5 heteroatoms. The Morgan fingerprint density at radius 3 is 2.29 bits per heavy atom. The van der Waals surface area contributed by atoms with Crippen molar-refractivity contribution in [2.24, 2.45) is 0 Å². The molecule has 0 saturated carbocycles. The maximum absolute atomic E-state index is 12.8. The van der Waals surface area contributed by atoms with Crippen LogP contribution in [0.1, 0.15) is 86.8 Å². The van der Waals surface area contributed by atoms with Crippen LogP contribution in [0.25, 0.3) is 10.9 Å². The number of unbranched alkanes of at least 4 members (excludes halogenated alkanes) is 6. The molecule has 3 aromatic rings. The number of carboxylic acid groups (broad SMARTS) is 1. The number of carbonyl (C=O) groups excluding carboxylic acids is 1. The lowest BCUT2D eigenvalue weighted by molar-refractivity contribution is -0.121. The van der Waals surface area contributed by atoms with Crippen LogP contribution in [0.15, 0.2) is 48.5 Å². The summed E-state index contributed by atoms with van der Waals surface area (Å²) in [6.45, 7) is 4.51. The van der Waals surface area contributed by atoms with Crippen LogP contribution < -0.4 is 4.74 Å². The molecule has 2 aromatic carbocycles. The Bertz CT molecular complexity index is 1100. The van der Waals surface area contributed by atoms with Gasteiger partial charge in [-0.1, -0.05) is 70.6 Å². The first kappa shape index (κ1) is 26.5. The fourth-order valence-electron chi connectivity index (χ4n) is 4.53. The minimum absolute atomic E-state index is 0.0116. The molecule has 188 valence electrons. The average molecular weight is 478 g/mol. The van der Waals surface area contributed by atoms with Crippen LogP contribution in [-0.2, 0) is 24.2 Å². The summed E-state index contributed by atoms with van der Waals surface area (Å²) in [6, 6.07) is 15.2. The number of aromatic carboxylic acids is 1. The summed E-state index contributed by atoms with van der Waals surface area (Å²) in [7, 11) is 0. The van der Waals surface area contributed by atoms with Gasteiger partial charge in [-0.15, -0.1) is 0 Å². The molecular weight excluding hydrogens is 438 g/mol. The normalized spacial score (nSPS) is 11.1. The molecule has 35 heavy (non-hydrogen) atoms. The first-order valence-electron chi connectivity index (χ1n) is 13.1. The summed E-state index contributed by atoms with van der Waals surface area (Å²) in [5.41, 5.74) is 3.34. The van der Waals surface area contributed by atoms with E-state index in [1.807, 2.05) is 28.8 Å². The van der Waals surface area contributed by atoms with E-state index in [1.165, 1.54) is 44.1 Å². The van der Waals surface area contributed by atoms with Crippen LogP contribution in [0.2, 0.25) is 0 Å². The van der Waals surface area contributed by atoms with Crippen LogP contribution in [0.4, 0.5) is 0 Å². The van der Waals surface area contributed by atoms with E-state index < -0.39 is 5.97 Å². The van der Waals surface area contributed by atoms with Crippen molar-refractivity contribution in [2.45, 2.75) is 84.6 Å². The lowest BCUT2D eigenvalue weighted by atomic mass is 10.0. The highest BCUT2D eigenvalue weighted by molar-refractivity contribution is 6.03. The highest BCUT2D eigenvalue weighted by Gasteiger charge is 2.17. The third-order valence-corrected chi connectivity index (χ3v) is 6.53. The second-order valence-corrected chi connectivity index (χ2v) is 9.36. The van der Waals surface area contributed by atoms with Gasteiger partial charge in [0.2, 0.25) is 0 Å². The maximum Gasteiger partial charge on any atom is 0.336 e. The van der Waals surface area contributed by atoms with Crippen molar-refractivity contribution in [3.63, 3.8) is 0 Å². The number of fused-ring (bicyclic) bond motifs is 1. The zero-order valence-electron chi connectivity index (χ0n) is 21.2. The van der Waals surface area contributed by atoms with Crippen LogP contribution in [0.5, 0.6) is 5.75 Å². The number of aromatic nitrogens is 1. The Hall–Kier alpha value is -3.08. The van der Waals surface area contributed by atoms with E-state index in [0.29, 0.717) is 11.1 Å². The number of ketones is 1. The van der Waals surface area contributed by atoms with Gasteiger partial charge in [0.15, 0.2) is 5.78 Å². The molecule has 0 spiro atoms. The van der Waals surface area contributed by atoms with E-state index in [2.05, 4.69) is 26.0 Å². The molecule has 0 atom stereocenters. The topological polar surface area (TPSA) is 68.5 Å². The standard InChI is InChI=1S/C30H39NO4/c1-3-5-7-8-9-10-12-23-16-18-26(19-17-23)35-22-25(32)21-31-24(13-6-4-2)20-28-27(30(33)34)14-11-15-29(28)31/h11,14-20H,3-10,12-13,21-22H2,1-2H3,(H,33,34). The number of aryl methyl sites for hydroxylation is 2. The number of nitrogens with zero attached hydrogens (tertiary/aromatic N) is 1. The number of benzene rings is 2. The van der Waals surface area contributed by atoms with Gasteiger partial charge in [-0.25, -0.2) is 4.79 Å². The van der Waals surface area contributed by atoms with E-state index >= 15 is 0 Å². The van der Waals surface area contributed by atoms with Gasteiger partial charge in [0, 0.05) is 16.6 Å². The smallest absolute Gasteiger partial charge is 0.336 e. The first-order valence-corrected chi connectivity index (χ1v) is 13.1. The van der Waals surface area contributed by atoms with Gasteiger partial charge in [0.1, 0.15) is 12.4 Å². The zero-order chi connectivity index (χ0) is 25.0. The predicted molar refractivity (Wildman–Crippen MR) is 142 cm³/mol. The zero-order valence-corrected chi connectivity index (χ0v) is 21.2. The summed E-state index contributed by atoms with van der Waals surface area (Å²) < 4.78 is 7.73. The Kier molecular flexibility index (Phi) is 10.4. The lowest BCUT2D eigenvalue weighted by Crippen LogP contribution is -2.19. The van der Waals surface area contributed by atoms with E-state index in [4.69, 9.17) is 4.74 Å². The highest BCUT2D eigenvalue weighted by Crippen LogP contribution is 2.25. The molecule has 0 aliphatic heterocycles. The van der Waals surface area contributed by atoms with Gasteiger partial charge in [0.25, 0.3) is 0 Å². The van der Waals surface area contributed by atoms with Gasteiger partial charge in [-0.2, -0.15) is 0 Å². The first-order chi connectivity index (χ1) is 17.0. The molecule has 0 aliphatic carbocycles. The Labute approximate surface area is 209 Å². The molecule has 0 bridgehead atoms. The number of rotatable bonds is 16. The van der Waals surface area contributed by atoms with Gasteiger partial charge in [-0.3, -0.25) is 4.79 Å². The molecule has 1 N–H and O–H groups in total. The number of hydrogen-bond donors (Lipinski definition) is 1. The number of Topliss-reactive ketones (excluding diaryl/α,β-unsaturated/α-hetero) is 1. The summed E-state index contributed by atoms with van der Waals surface area (Å²) >= 11 is 0. The van der Waals surface area contributed by atoms with Crippen molar-refractivity contribution >= 4 is 22.7 Å². The number of carboxylic acids is 1. The van der Waals surface area contributed by atoms with Crippen molar-refractivity contribution in [3.8, 4) is 5.75 Å². The van der Waals surface area contributed by atoms with Gasteiger partial charge in [-0.05, 0) is 61.6 Å². The Morgan fingerprint density at radius 1 is 0.857 bits per heavy atom. The summed E-state index contributed by atoms with van der Waals surface area (Å²) in [5, 5.41) is 10.2. The van der Waals surface area contributed by atoms with Crippen molar-refractivity contribution < 1.29 is 19.4 Å². The second kappa shape index (κ2) is 13.7. The molecule has 0 fully saturated rings. The van der Waals surface area contributed by atoms with Crippen molar-refractivity contribution in [1.29, 1.82) is 0 Å². The third-order valence-electron chi connectivity index (χ3n) is 6.53. The fraction of sp³-hybridized carbons (Fsp3) is 0.467. The van der Waals surface area contributed by atoms with Crippen molar-refractivity contribution in [1.82, 2.24) is 4.57 Å². The minimum atomic E-state index is -0.954. The SMILES string of the molecule is CCCCCCCCc1ccc(OCC(=O)Cn2c(CCCC)cc3c(C(=O)O)cccc32)cc1. The Balaban J connectivity index is 1.58. The largest absolute Gasteiger partial charge is 0.486 e. The molecule has 5 nitrogen and oxygen atoms in total. The van der Waals surface area contributed by atoms with Crippen LogP contribution >= 0.6 is 0 Å². The fourth-order valence-corrected chi connectivity index (χ4v) is 4.53. The molecule has 1 heterocycles. The molecule has 0 aliphatic rings. The molecule has 0 radical (unpaired) electrons. The van der Waals surface area contributed by atoms with Gasteiger partial charge >= 0.3 is 5.97 Å². The number of hydrogen-bond acceptors (Lipinski definition) is 3. The highest BCUT2D eigenvalue weighted by atomic mass is 16.5. The predicted octanol–water partition coefficient (Wildman–Crippen LogP) is 7.23. The molecule has 0 saturated heterocycles.